The third kappa shape index (κ3) is 4.56. The molecule has 0 spiro atoms. The number of urea groups is 1. The van der Waals surface area contributed by atoms with E-state index in [4.69, 9.17) is 0 Å². The maximum Gasteiger partial charge on any atom is 0.507 e. The first-order chi connectivity index (χ1) is 15.6. The van der Waals surface area contributed by atoms with Crippen molar-refractivity contribution < 1.29 is 31.8 Å². The molecule has 1 aliphatic heterocycles. The number of carbonyl (C=O) groups is 1. The zero-order valence-electron chi connectivity index (χ0n) is 17.5. The number of fused-ring (bicyclic) bond motifs is 1. The number of aryl methyl sites for hydroxylation is 1. The number of carbonyl (C=O) groups excluding carboxylic acids is 1. The number of halogens is 4. The fraction of sp³-hybridized carbons (Fsp3) is 0.286. The Kier molecular flexibility index (Phi) is 5.87. The molecular formula is C21H18F4N4O3S. The zero-order valence-corrected chi connectivity index (χ0v) is 18.3. The second-order valence-electron chi connectivity index (χ2n) is 7.13. The summed E-state index contributed by atoms with van der Waals surface area (Å²) in [6.07, 6.45) is -4.72. The van der Waals surface area contributed by atoms with Crippen LogP contribution in [-0.4, -0.2) is 39.2 Å². The first-order valence-corrected chi connectivity index (χ1v) is 10.6. The quantitative estimate of drug-likeness (QED) is 0.504. The van der Waals surface area contributed by atoms with Gasteiger partial charge in [0.15, 0.2) is 16.3 Å². The third-order valence-electron chi connectivity index (χ3n) is 4.76. The smallest absolute Gasteiger partial charge is 0.421 e. The molecule has 0 atom stereocenters. The Morgan fingerprint density at radius 2 is 1.79 bits per heavy atom. The molecule has 2 aromatic heterocycles. The van der Waals surface area contributed by atoms with Gasteiger partial charge in [-0.25, -0.2) is 4.79 Å². The van der Waals surface area contributed by atoms with Crippen LogP contribution >= 0.6 is 11.3 Å². The average Bonchev–Trinajstić information content (AvgIpc) is 3.12. The number of hydrogen-bond donors (Lipinski definition) is 0. The van der Waals surface area contributed by atoms with Crippen molar-refractivity contribution in [1.82, 2.24) is 14.5 Å². The molecule has 12 heteroatoms. The first-order valence-electron chi connectivity index (χ1n) is 9.79. The van der Waals surface area contributed by atoms with Crippen LogP contribution in [0.4, 0.5) is 22.4 Å². The van der Waals surface area contributed by atoms with Crippen molar-refractivity contribution in [3.63, 3.8) is 0 Å². The molecule has 0 radical (unpaired) electrons. The zero-order chi connectivity index (χ0) is 23.8. The molecule has 33 heavy (non-hydrogen) atoms. The van der Waals surface area contributed by atoms with Crippen molar-refractivity contribution in [2.75, 3.05) is 6.54 Å². The molecule has 0 saturated heterocycles. The van der Waals surface area contributed by atoms with E-state index in [-0.39, 0.29) is 10.5 Å². The number of aromatic nitrogens is 2. The van der Waals surface area contributed by atoms with E-state index < -0.39 is 29.7 Å². The largest absolute Gasteiger partial charge is 0.507 e. The Hall–Kier alpha value is -3.41. The maximum atomic E-state index is 13.6. The van der Waals surface area contributed by atoms with Crippen LogP contribution in [0.25, 0.3) is 5.69 Å². The van der Waals surface area contributed by atoms with Gasteiger partial charge in [0.05, 0.1) is 5.69 Å². The summed E-state index contributed by atoms with van der Waals surface area (Å²) < 4.78 is 63.8. The Labute approximate surface area is 189 Å². The van der Waals surface area contributed by atoms with E-state index in [9.17, 15) is 22.4 Å². The average molecular weight is 482 g/mol. The number of thiazole rings is 1. The Morgan fingerprint density at radius 3 is 2.45 bits per heavy atom. The minimum Gasteiger partial charge on any atom is -0.421 e. The minimum atomic E-state index is -4.83. The molecule has 174 valence electrons. The molecule has 0 unspecified atom stereocenters. The molecule has 0 fully saturated rings. The van der Waals surface area contributed by atoms with Crippen molar-refractivity contribution in [3.05, 3.63) is 64.2 Å². The molecule has 0 saturated carbocycles. The van der Waals surface area contributed by atoms with Gasteiger partial charge in [-0.3, -0.25) is 9.55 Å². The molecule has 4 rings (SSSR count). The number of rotatable bonds is 4. The molecule has 0 bridgehead atoms. The van der Waals surface area contributed by atoms with Crippen LogP contribution in [0, 0.1) is 6.92 Å². The van der Waals surface area contributed by atoms with Crippen LogP contribution in [0.1, 0.15) is 17.4 Å². The first kappa shape index (κ1) is 22.8. The highest BCUT2D eigenvalue weighted by Gasteiger charge is 2.65. The highest BCUT2D eigenvalue weighted by atomic mass is 32.1. The van der Waals surface area contributed by atoms with Gasteiger partial charge in [-0.1, -0.05) is 0 Å². The number of hydrogen-bond acceptors (Lipinski definition) is 5. The van der Waals surface area contributed by atoms with E-state index in [1.54, 1.807) is 37.6 Å². The summed E-state index contributed by atoms with van der Waals surface area (Å²) in [5, 5.41) is 0. The van der Waals surface area contributed by atoms with Crippen LogP contribution in [0.5, 0.6) is 11.5 Å². The number of ether oxygens (including phenoxy) is 2. The molecule has 3 aromatic rings. The van der Waals surface area contributed by atoms with Crippen molar-refractivity contribution in [2.24, 2.45) is 4.99 Å². The summed E-state index contributed by atoms with van der Waals surface area (Å²) in [5.41, 5.74) is 1.17. The van der Waals surface area contributed by atoms with Gasteiger partial charge >= 0.3 is 18.2 Å². The van der Waals surface area contributed by atoms with Gasteiger partial charge in [-0.05, 0) is 43.7 Å². The highest BCUT2D eigenvalue weighted by molar-refractivity contribution is 7.09. The van der Waals surface area contributed by atoms with Crippen LogP contribution in [0.3, 0.4) is 0 Å². The fourth-order valence-electron chi connectivity index (χ4n) is 3.10. The lowest BCUT2D eigenvalue weighted by atomic mass is 10.2. The van der Waals surface area contributed by atoms with Crippen LogP contribution in [0.15, 0.2) is 53.9 Å². The predicted molar refractivity (Wildman–Crippen MR) is 111 cm³/mol. The van der Waals surface area contributed by atoms with Gasteiger partial charge in [0.25, 0.3) is 0 Å². The van der Waals surface area contributed by atoms with Crippen molar-refractivity contribution in [2.45, 2.75) is 32.6 Å². The molecular weight excluding hydrogens is 464 g/mol. The topological polar surface area (TPSA) is 69.0 Å². The summed E-state index contributed by atoms with van der Waals surface area (Å²) in [6, 6.07) is 6.70. The van der Waals surface area contributed by atoms with Gasteiger partial charge in [-0.15, -0.1) is 11.3 Å². The summed E-state index contributed by atoms with van der Waals surface area (Å²) >= 11 is 1.21. The second kappa shape index (κ2) is 8.50. The summed E-state index contributed by atoms with van der Waals surface area (Å²) in [5.74, 6) is -1.07. The Morgan fingerprint density at radius 1 is 1.12 bits per heavy atom. The normalized spacial score (nSPS) is 16.5. The summed E-state index contributed by atoms with van der Waals surface area (Å²) in [6.45, 7) is 4.34. The lowest BCUT2D eigenvalue weighted by Gasteiger charge is -2.31. The molecule has 0 aliphatic carbocycles. The van der Waals surface area contributed by atoms with E-state index in [0.29, 0.717) is 13.1 Å². The Bertz CT molecular complexity index is 1240. The van der Waals surface area contributed by atoms with Crippen molar-refractivity contribution in [3.8, 4) is 17.2 Å². The van der Waals surface area contributed by atoms with Gasteiger partial charge in [-0.2, -0.15) is 22.6 Å². The van der Waals surface area contributed by atoms with E-state index in [2.05, 4.69) is 19.5 Å². The highest BCUT2D eigenvalue weighted by Crippen LogP contribution is 2.47. The standard InChI is InChI=1S/C21H18F4N4O3S/c1-3-28(12-14-6-8-26-9-7-14)18(30)27-19-29(11-13(2)33-19)15-4-5-16-17(10-15)32-21(24,25)20(22,23)31-16/h4-11H,3,12H2,1-2H3. The monoisotopic (exact) mass is 482 g/mol. The van der Waals surface area contributed by atoms with Crippen LogP contribution < -0.4 is 14.3 Å². The summed E-state index contributed by atoms with van der Waals surface area (Å²) in [4.78, 5) is 23.6. The van der Waals surface area contributed by atoms with E-state index in [1.165, 1.54) is 26.9 Å². The maximum absolute atomic E-state index is 13.6. The van der Waals surface area contributed by atoms with Crippen LogP contribution in [0.2, 0.25) is 0 Å². The van der Waals surface area contributed by atoms with Crippen molar-refractivity contribution >= 4 is 17.4 Å². The number of amides is 2. The third-order valence-corrected chi connectivity index (χ3v) is 5.65. The van der Waals surface area contributed by atoms with Gasteiger partial charge < -0.3 is 14.4 Å². The minimum absolute atomic E-state index is 0.277. The predicted octanol–water partition coefficient (Wildman–Crippen LogP) is 4.74. The number of benzene rings is 1. The van der Waals surface area contributed by atoms with Gasteiger partial charge in [0.1, 0.15) is 0 Å². The van der Waals surface area contributed by atoms with Crippen molar-refractivity contribution in [1.29, 1.82) is 0 Å². The number of alkyl halides is 4. The van der Waals surface area contributed by atoms with E-state index >= 15 is 0 Å². The lowest BCUT2D eigenvalue weighted by Crippen LogP contribution is -2.52. The molecule has 0 N–H and O–H groups in total. The lowest BCUT2D eigenvalue weighted by molar-refractivity contribution is -0.391. The molecule has 1 aromatic carbocycles. The molecule has 7 nitrogen and oxygen atoms in total. The summed E-state index contributed by atoms with van der Waals surface area (Å²) in [7, 11) is 0. The number of pyridine rings is 1. The Balaban J connectivity index is 1.67. The van der Waals surface area contributed by atoms with Crippen LogP contribution in [-0.2, 0) is 6.54 Å². The van der Waals surface area contributed by atoms with E-state index in [0.717, 1.165) is 22.6 Å². The van der Waals surface area contributed by atoms with E-state index in [1.807, 2.05) is 6.92 Å². The molecule has 1 aliphatic rings. The second-order valence-corrected chi connectivity index (χ2v) is 8.34. The number of nitrogens with zero attached hydrogens (tertiary/aromatic N) is 4. The SMILES string of the molecule is CCN(Cc1ccncc1)C(=O)N=c1sc(C)cn1-c1ccc2c(c1)OC(F)(F)C(F)(F)O2. The fourth-order valence-corrected chi connectivity index (χ4v) is 3.93. The molecule has 3 heterocycles. The van der Waals surface area contributed by atoms with Gasteiger partial charge in [0.2, 0.25) is 0 Å². The molecule has 2 amide bonds. The van der Waals surface area contributed by atoms with Gasteiger partial charge in [0, 0.05) is 42.6 Å².